The number of nitrogens with zero attached hydrogens (tertiary/aromatic N) is 1. The standard InChI is InChI=1S/C17H26N2O4S/c1-13-4-5-16(12-14(13)2)23-11-8-17(20)18-15-6-9-19(10-7-15)24(3,21)22/h4-5,12,15H,6-11H2,1-3H3,(H,18,20). The van der Waals surface area contributed by atoms with Crippen LogP contribution in [0.3, 0.4) is 0 Å². The maximum absolute atomic E-state index is 12.0. The normalized spacial score (nSPS) is 16.8. The largest absolute Gasteiger partial charge is 0.493 e. The summed E-state index contributed by atoms with van der Waals surface area (Å²) in [6.07, 6.45) is 2.81. The van der Waals surface area contributed by atoms with Gasteiger partial charge in [0.05, 0.1) is 19.3 Å². The summed E-state index contributed by atoms with van der Waals surface area (Å²) in [5.41, 5.74) is 2.37. The average molecular weight is 354 g/mol. The quantitative estimate of drug-likeness (QED) is 0.842. The van der Waals surface area contributed by atoms with Crippen molar-refractivity contribution in [3.63, 3.8) is 0 Å². The van der Waals surface area contributed by atoms with Gasteiger partial charge in [-0.2, -0.15) is 0 Å². The molecule has 134 valence electrons. The molecule has 1 heterocycles. The molecule has 0 unspecified atom stereocenters. The molecule has 24 heavy (non-hydrogen) atoms. The zero-order valence-corrected chi connectivity index (χ0v) is 15.4. The molecule has 1 aliphatic rings. The molecule has 1 aliphatic heterocycles. The first kappa shape index (κ1) is 18.7. The molecule has 0 spiro atoms. The number of hydrogen-bond donors (Lipinski definition) is 1. The number of carbonyl (C=O) groups excluding carboxylic acids is 1. The first-order valence-electron chi connectivity index (χ1n) is 8.20. The zero-order chi connectivity index (χ0) is 17.7. The Hall–Kier alpha value is -1.60. The minimum absolute atomic E-state index is 0.0390. The van der Waals surface area contributed by atoms with Gasteiger partial charge < -0.3 is 10.1 Å². The Balaban J connectivity index is 1.69. The molecule has 1 aromatic carbocycles. The van der Waals surface area contributed by atoms with Gasteiger partial charge in [-0.15, -0.1) is 0 Å². The Kier molecular flexibility index (Phi) is 6.23. The van der Waals surface area contributed by atoms with E-state index < -0.39 is 10.0 Å². The van der Waals surface area contributed by atoms with E-state index in [0.717, 1.165) is 11.3 Å². The predicted octanol–water partition coefficient (Wildman–Crippen LogP) is 1.61. The summed E-state index contributed by atoms with van der Waals surface area (Å²) in [6, 6.07) is 5.91. The number of aryl methyl sites for hydroxylation is 2. The summed E-state index contributed by atoms with van der Waals surface area (Å²) in [7, 11) is -3.13. The third kappa shape index (κ3) is 5.49. The Labute approximate surface area is 144 Å². The van der Waals surface area contributed by atoms with Gasteiger partial charge in [0, 0.05) is 19.1 Å². The number of nitrogens with one attached hydrogen (secondary N) is 1. The van der Waals surface area contributed by atoms with Gasteiger partial charge in [0.25, 0.3) is 0 Å². The highest BCUT2D eigenvalue weighted by atomic mass is 32.2. The fraction of sp³-hybridized carbons (Fsp3) is 0.588. The Morgan fingerprint density at radius 3 is 2.50 bits per heavy atom. The van der Waals surface area contributed by atoms with Crippen LogP contribution >= 0.6 is 0 Å². The number of sulfonamides is 1. The highest BCUT2D eigenvalue weighted by Crippen LogP contribution is 2.17. The van der Waals surface area contributed by atoms with Crippen LogP contribution in [-0.2, 0) is 14.8 Å². The smallest absolute Gasteiger partial charge is 0.223 e. The molecule has 6 nitrogen and oxygen atoms in total. The van der Waals surface area contributed by atoms with Crippen molar-refractivity contribution >= 4 is 15.9 Å². The topological polar surface area (TPSA) is 75.7 Å². The summed E-state index contributed by atoms with van der Waals surface area (Å²) in [6.45, 7) is 5.32. The van der Waals surface area contributed by atoms with E-state index >= 15 is 0 Å². The number of rotatable bonds is 6. The molecule has 0 saturated carbocycles. The number of piperidine rings is 1. The average Bonchev–Trinajstić information content (AvgIpc) is 2.50. The van der Waals surface area contributed by atoms with E-state index in [1.165, 1.54) is 16.1 Å². The van der Waals surface area contributed by atoms with Crippen LogP contribution in [0.5, 0.6) is 5.75 Å². The molecule has 2 rings (SSSR count). The van der Waals surface area contributed by atoms with Gasteiger partial charge in [-0.25, -0.2) is 12.7 Å². The summed E-state index contributed by atoms with van der Waals surface area (Å²) >= 11 is 0. The van der Waals surface area contributed by atoms with Crippen molar-refractivity contribution in [1.82, 2.24) is 9.62 Å². The molecule has 1 fully saturated rings. The SMILES string of the molecule is Cc1ccc(OCCC(=O)NC2CCN(S(C)(=O)=O)CC2)cc1C. The predicted molar refractivity (Wildman–Crippen MR) is 93.6 cm³/mol. The molecule has 1 aromatic rings. The Morgan fingerprint density at radius 1 is 1.25 bits per heavy atom. The lowest BCUT2D eigenvalue weighted by Gasteiger charge is -2.30. The molecular formula is C17H26N2O4S. The summed E-state index contributed by atoms with van der Waals surface area (Å²) in [5.74, 6) is 0.712. The van der Waals surface area contributed by atoms with Gasteiger partial charge in [0.1, 0.15) is 5.75 Å². The molecule has 0 aliphatic carbocycles. The second-order valence-corrected chi connectivity index (χ2v) is 8.33. The number of carbonyl (C=O) groups is 1. The van der Waals surface area contributed by atoms with E-state index in [4.69, 9.17) is 4.74 Å². The van der Waals surface area contributed by atoms with Crippen LogP contribution in [0.25, 0.3) is 0 Å². The fourth-order valence-electron chi connectivity index (χ4n) is 2.70. The molecule has 0 radical (unpaired) electrons. The van der Waals surface area contributed by atoms with Crippen molar-refractivity contribution in [2.45, 2.75) is 39.2 Å². The molecule has 1 amide bonds. The summed E-state index contributed by atoms with van der Waals surface area (Å²) < 4.78 is 30.0. The summed E-state index contributed by atoms with van der Waals surface area (Å²) in [5, 5.41) is 2.96. The first-order valence-corrected chi connectivity index (χ1v) is 10.0. The van der Waals surface area contributed by atoms with E-state index in [-0.39, 0.29) is 11.9 Å². The van der Waals surface area contributed by atoms with Crippen LogP contribution in [0.15, 0.2) is 18.2 Å². The summed E-state index contributed by atoms with van der Waals surface area (Å²) in [4.78, 5) is 12.0. The minimum atomic E-state index is -3.13. The third-order valence-electron chi connectivity index (χ3n) is 4.36. The number of hydrogen-bond acceptors (Lipinski definition) is 4. The lowest BCUT2D eigenvalue weighted by Crippen LogP contribution is -2.46. The third-order valence-corrected chi connectivity index (χ3v) is 5.67. The van der Waals surface area contributed by atoms with Crippen molar-refractivity contribution in [1.29, 1.82) is 0 Å². The van der Waals surface area contributed by atoms with Crippen molar-refractivity contribution in [2.75, 3.05) is 26.0 Å². The van der Waals surface area contributed by atoms with E-state index in [2.05, 4.69) is 5.32 Å². The second-order valence-electron chi connectivity index (χ2n) is 6.35. The van der Waals surface area contributed by atoms with E-state index in [9.17, 15) is 13.2 Å². The van der Waals surface area contributed by atoms with Crippen LogP contribution in [0.2, 0.25) is 0 Å². The fourth-order valence-corrected chi connectivity index (χ4v) is 3.57. The minimum Gasteiger partial charge on any atom is -0.493 e. The van der Waals surface area contributed by atoms with Gasteiger partial charge in [-0.05, 0) is 49.9 Å². The lowest BCUT2D eigenvalue weighted by atomic mass is 10.1. The van der Waals surface area contributed by atoms with Crippen molar-refractivity contribution in [2.24, 2.45) is 0 Å². The lowest BCUT2D eigenvalue weighted by molar-refractivity contribution is -0.122. The molecule has 1 saturated heterocycles. The Morgan fingerprint density at radius 2 is 1.92 bits per heavy atom. The van der Waals surface area contributed by atoms with E-state index in [0.29, 0.717) is 39.0 Å². The van der Waals surface area contributed by atoms with E-state index in [1.807, 2.05) is 32.0 Å². The van der Waals surface area contributed by atoms with Crippen LogP contribution in [0, 0.1) is 13.8 Å². The highest BCUT2D eigenvalue weighted by molar-refractivity contribution is 7.88. The molecule has 0 aromatic heterocycles. The van der Waals surface area contributed by atoms with Crippen LogP contribution in [0.1, 0.15) is 30.4 Å². The van der Waals surface area contributed by atoms with E-state index in [1.54, 1.807) is 0 Å². The van der Waals surface area contributed by atoms with Crippen molar-refractivity contribution in [3.8, 4) is 5.75 Å². The molecule has 7 heteroatoms. The van der Waals surface area contributed by atoms with Gasteiger partial charge in [-0.3, -0.25) is 4.79 Å². The van der Waals surface area contributed by atoms with Crippen LogP contribution in [0.4, 0.5) is 0 Å². The van der Waals surface area contributed by atoms with Crippen LogP contribution < -0.4 is 10.1 Å². The van der Waals surface area contributed by atoms with Crippen LogP contribution in [-0.4, -0.2) is 50.6 Å². The highest BCUT2D eigenvalue weighted by Gasteiger charge is 2.25. The van der Waals surface area contributed by atoms with Crippen molar-refractivity contribution in [3.05, 3.63) is 29.3 Å². The molecule has 1 N–H and O–H groups in total. The second kappa shape index (κ2) is 7.98. The van der Waals surface area contributed by atoms with Gasteiger partial charge in [-0.1, -0.05) is 6.07 Å². The number of benzene rings is 1. The molecule has 0 atom stereocenters. The number of amides is 1. The van der Waals surface area contributed by atoms with Crippen molar-refractivity contribution < 1.29 is 17.9 Å². The molecular weight excluding hydrogens is 328 g/mol. The zero-order valence-electron chi connectivity index (χ0n) is 14.5. The first-order chi connectivity index (χ1) is 11.3. The monoisotopic (exact) mass is 354 g/mol. The van der Waals surface area contributed by atoms with Gasteiger partial charge in [0.2, 0.25) is 15.9 Å². The maximum atomic E-state index is 12.0. The maximum Gasteiger partial charge on any atom is 0.223 e. The number of ether oxygens (including phenoxy) is 1. The Bertz CT molecular complexity index is 680. The molecule has 0 bridgehead atoms. The van der Waals surface area contributed by atoms with Gasteiger partial charge >= 0.3 is 0 Å². The van der Waals surface area contributed by atoms with Gasteiger partial charge in [0.15, 0.2) is 0 Å².